The van der Waals surface area contributed by atoms with Crippen LogP contribution in [0.3, 0.4) is 0 Å². The number of aryl methyl sites for hydroxylation is 1. The van der Waals surface area contributed by atoms with Gasteiger partial charge in [-0.3, -0.25) is 0 Å². The molecule has 1 aliphatic rings. The Balaban J connectivity index is 0.000000136. The second kappa shape index (κ2) is 9.64. The number of aromatic hydroxyl groups is 1. The fourth-order valence-electron chi connectivity index (χ4n) is 5.31. The van der Waals surface area contributed by atoms with Gasteiger partial charge in [-0.1, -0.05) is 66.4 Å². The molecule has 3 nitrogen and oxygen atoms in total. The van der Waals surface area contributed by atoms with Gasteiger partial charge in [0.05, 0.1) is 0 Å². The molecule has 0 fully saturated rings. The topological polar surface area (TPSA) is 50.1 Å². The van der Waals surface area contributed by atoms with Gasteiger partial charge in [-0.2, -0.15) is 0 Å². The van der Waals surface area contributed by atoms with E-state index >= 15 is 0 Å². The van der Waals surface area contributed by atoms with Crippen molar-refractivity contribution in [3.8, 4) is 5.75 Å². The average Bonchev–Trinajstić information content (AvgIpc) is 3.60. The molecule has 182 valence electrons. The summed E-state index contributed by atoms with van der Waals surface area (Å²) >= 11 is 3.67. The number of hydrogen-bond donors (Lipinski definition) is 2. The number of hydrogen-bond acceptors (Lipinski definition) is 3. The van der Waals surface area contributed by atoms with Crippen molar-refractivity contribution >= 4 is 86.5 Å². The fourth-order valence-corrected chi connectivity index (χ4v) is 7.78. The number of thiophene rings is 2. The van der Waals surface area contributed by atoms with Crippen molar-refractivity contribution in [3.63, 3.8) is 0 Å². The fraction of sp³-hybridized carbons (Fsp3) is 0.0968. The summed E-state index contributed by atoms with van der Waals surface area (Å²) in [5.74, 6) is 0.289. The number of aromatic amines is 1. The summed E-state index contributed by atoms with van der Waals surface area (Å²) in [5, 5.41) is 20.4. The van der Waals surface area contributed by atoms with Crippen molar-refractivity contribution < 1.29 is 26.2 Å². The zero-order valence-electron chi connectivity index (χ0n) is 20.1. The van der Waals surface area contributed by atoms with Crippen molar-refractivity contribution in [2.75, 3.05) is 7.05 Å². The summed E-state index contributed by atoms with van der Waals surface area (Å²) in [5.41, 5.74) is 4.58. The molecule has 2 N–H and O–H groups in total. The Morgan fingerprint density at radius 1 is 0.784 bits per heavy atom. The number of phenols is 1. The molecule has 6 heteroatoms. The van der Waals surface area contributed by atoms with Crippen LogP contribution in [0.2, 0.25) is 0 Å². The number of fused-ring (bicyclic) bond motifs is 10. The maximum atomic E-state index is 10.1. The predicted molar refractivity (Wildman–Crippen MR) is 158 cm³/mol. The van der Waals surface area contributed by atoms with Crippen molar-refractivity contribution in [1.82, 2.24) is 4.98 Å². The minimum absolute atomic E-state index is 0. The van der Waals surface area contributed by atoms with Crippen LogP contribution in [0.25, 0.3) is 63.5 Å². The van der Waals surface area contributed by atoms with Crippen LogP contribution in [0, 0.1) is 0 Å². The first kappa shape index (κ1) is 24.2. The van der Waals surface area contributed by atoms with Gasteiger partial charge in [0, 0.05) is 78.0 Å². The van der Waals surface area contributed by atoms with E-state index in [9.17, 15) is 5.11 Å². The van der Waals surface area contributed by atoms with E-state index in [1.807, 2.05) is 41.7 Å². The normalized spacial score (nSPS) is 12.6. The van der Waals surface area contributed by atoms with E-state index in [4.69, 9.17) is 0 Å². The third-order valence-corrected chi connectivity index (χ3v) is 9.43. The summed E-state index contributed by atoms with van der Waals surface area (Å²) in [6.07, 6.45) is 6.97. The molecule has 4 aromatic carbocycles. The van der Waals surface area contributed by atoms with Crippen LogP contribution in [-0.4, -0.2) is 17.1 Å². The van der Waals surface area contributed by atoms with Gasteiger partial charge in [-0.05, 0) is 42.7 Å². The molecule has 3 heterocycles. The van der Waals surface area contributed by atoms with Crippen molar-refractivity contribution in [1.29, 1.82) is 0 Å². The maximum Gasteiger partial charge on any atom is 0.110 e. The Labute approximate surface area is 236 Å². The smallest absolute Gasteiger partial charge is 0.110 e. The van der Waals surface area contributed by atoms with Gasteiger partial charge in [0.1, 0.15) is 5.75 Å². The number of allylic oxidation sites excluding steroid dienone is 1. The quantitative estimate of drug-likeness (QED) is 0.177. The largest absolute Gasteiger partial charge is 0.684 e. The molecule has 0 saturated carbocycles. The van der Waals surface area contributed by atoms with Gasteiger partial charge >= 0.3 is 0 Å². The van der Waals surface area contributed by atoms with Gasteiger partial charge in [-0.15, -0.1) is 29.7 Å². The maximum absolute atomic E-state index is 10.1. The van der Waals surface area contributed by atoms with Gasteiger partial charge in [-0.25, -0.2) is 0 Å². The first-order valence-electron chi connectivity index (χ1n) is 12.1. The molecule has 0 bridgehead atoms. The molecule has 3 aromatic heterocycles. The van der Waals surface area contributed by atoms with Gasteiger partial charge in [0.2, 0.25) is 0 Å². The number of benzene rings is 4. The Morgan fingerprint density at radius 2 is 1.59 bits per heavy atom. The molecular formula is C31H23N2OS2W-. The van der Waals surface area contributed by atoms with Gasteiger partial charge in [0.15, 0.2) is 0 Å². The first-order chi connectivity index (χ1) is 17.7. The molecule has 8 rings (SSSR count). The molecule has 0 unspecified atom stereocenters. The summed E-state index contributed by atoms with van der Waals surface area (Å²) in [6, 6.07) is 25.1. The third kappa shape index (κ3) is 3.88. The van der Waals surface area contributed by atoms with E-state index in [1.165, 1.54) is 55.0 Å². The van der Waals surface area contributed by atoms with Crippen LogP contribution in [-0.2, 0) is 27.5 Å². The van der Waals surface area contributed by atoms with E-state index < -0.39 is 0 Å². The molecule has 0 amide bonds. The monoisotopic (exact) mass is 687 g/mol. The number of para-hydroxylation sites is 1. The molecule has 1 aliphatic carbocycles. The van der Waals surface area contributed by atoms with E-state index in [-0.39, 0.29) is 26.8 Å². The number of phenolic OH excluding ortho intramolecular Hbond substituents is 1. The van der Waals surface area contributed by atoms with Crippen LogP contribution >= 0.6 is 22.7 Å². The molecule has 37 heavy (non-hydrogen) atoms. The third-order valence-electron chi connectivity index (χ3n) is 7.00. The van der Waals surface area contributed by atoms with E-state index in [2.05, 4.69) is 64.9 Å². The molecular weight excluding hydrogens is 664 g/mol. The second-order valence-corrected chi connectivity index (χ2v) is 11.2. The van der Waals surface area contributed by atoms with E-state index in [0.29, 0.717) is 5.69 Å². The average molecular weight is 688 g/mol. The second-order valence-electron chi connectivity index (χ2n) is 9.04. The molecule has 0 atom stereocenters. The van der Waals surface area contributed by atoms with Crippen LogP contribution in [0.4, 0.5) is 5.69 Å². The molecule has 7 aromatic rings. The van der Waals surface area contributed by atoms with Crippen LogP contribution < -0.4 is 0 Å². The Hall–Kier alpha value is -3.11. The minimum Gasteiger partial charge on any atom is -0.684 e. The van der Waals surface area contributed by atoms with Crippen LogP contribution in [0.1, 0.15) is 16.9 Å². The predicted octanol–water partition coefficient (Wildman–Crippen LogP) is 9.89. The summed E-state index contributed by atoms with van der Waals surface area (Å²) in [7, 11) is 1.69. The van der Waals surface area contributed by atoms with E-state index in [0.717, 1.165) is 15.5 Å². The number of nitrogens with one attached hydrogen (secondary N) is 1. The number of H-pyrrole nitrogens is 1. The summed E-state index contributed by atoms with van der Waals surface area (Å²) in [4.78, 5) is 5.08. The van der Waals surface area contributed by atoms with Gasteiger partial charge < -0.3 is 15.4 Å². The van der Waals surface area contributed by atoms with Crippen LogP contribution in [0.5, 0.6) is 5.75 Å². The zero-order chi connectivity index (χ0) is 24.2. The Morgan fingerprint density at radius 3 is 2.46 bits per heavy atom. The molecule has 0 radical (unpaired) electrons. The van der Waals surface area contributed by atoms with Crippen LogP contribution in [0.15, 0.2) is 78.9 Å². The Kier molecular flexibility index (Phi) is 6.32. The van der Waals surface area contributed by atoms with Crippen molar-refractivity contribution in [2.45, 2.75) is 12.8 Å². The standard InChI is InChI=1S/C18H13NS.C13H10NOS.W/c1-3-7-14-13(6-1)17-15(19-14)10-9-12-11-5-2-4-8-16(11)20-18(12)17;1-14-9-6-7-11-12(13(9)15)8-4-2-3-5-10(8)16-11;/h1-3,5-7,9-10,19H,4,8H2;2-7,15H,1H3;/q;-1;. The Bertz CT molecular complexity index is 1960. The van der Waals surface area contributed by atoms with Gasteiger partial charge in [0.25, 0.3) is 0 Å². The zero-order valence-corrected chi connectivity index (χ0v) is 24.7. The first-order valence-corrected chi connectivity index (χ1v) is 13.7. The number of nitrogens with zero attached hydrogens (tertiary/aromatic N) is 1. The molecule has 0 aliphatic heterocycles. The van der Waals surface area contributed by atoms with Crippen molar-refractivity contribution in [2.24, 2.45) is 0 Å². The number of rotatable bonds is 1. The molecule has 0 spiro atoms. The SMILES string of the molecule is C1=Cc2c(sc3c2ccc2[nH]c4ccccc4c23)CC1.C[N-]c1ccc2sc3ccccc3c2c1O.[W]. The summed E-state index contributed by atoms with van der Waals surface area (Å²) in [6.45, 7) is 0. The number of aromatic nitrogens is 1. The van der Waals surface area contributed by atoms with E-state index in [1.54, 1.807) is 23.3 Å². The summed E-state index contributed by atoms with van der Waals surface area (Å²) < 4.78 is 3.74. The minimum atomic E-state index is 0. The molecule has 0 saturated heterocycles. The van der Waals surface area contributed by atoms with Crippen molar-refractivity contribution in [3.05, 3.63) is 94.6 Å².